The van der Waals surface area contributed by atoms with E-state index in [0.29, 0.717) is 11.0 Å². The zero-order chi connectivity index (χ0) is 24.1. The molecule has 0 aliphatic rings. The van der Waals surface area contributed by atoms with Crippen LogP contribution >= 0.6 is 7.82 Å². The zero-order valence-corrected chi connectivity index (χ0v) is 22.1. The molecule has 0 saturated heterocycles. The molecule has 32 heavy (non-hydrogen) atoms. The second-order valence-electron chi connectivity index (χ2n) is 9.65. The third kappa shape index (κ3) is 24.2. The first-order valence-corrected chi connectivity index (χ1v) is 14.0. The van der Waals surface area contributed by atoms with Crippen LogP contribution in [-0.2, 0) is 18.3 Å². The summed E-state index contributed by atoms with van der Waals surface area (Å²) in [5.41, 5.74) is 0. The fourth-order valence-electron chi connectivity index (χ4n) is 3.10. The molecule has 0 aliphatic carbocycles. The van der Waals surface area contributed by atoms with Crippen molar-refractivity contribution >= 4 is 7.82 Å². The summed E-state index contributed by atoms with van der Waals surface area (Å²) in [7, 11) is 1.72. The standard InChI is InChI=1S/C24H50NO6P/c1-5-6-7-8-9-10-11-12-13-14-15-16-17-18-20-29-22-24(26)23-31-32(27,28)30-21-19-25(2,3)4/h18,20,24,26H,5-17,19,21-23H2,1-4H3/p+1/b20-18+/t24-/m1/s1. The maximum atomic E-state index is 11.8. The SMILES string of the molecule is CCCCCCCCCCCCCC/C=C/OC[C@@H](O)COP(=O)(O)OCC[N+](C)(C)C. The Labute approximate surface area is 197 Å². The van der Waals surface area contributed by atoms with Crippen LogP contribution in [-0.4, -0.2) is 68.1 Å². The van der Waals surface area contributed by atoms with E-state index in [2.05, 4.69) is 6.92 Å². The average molecular weight is 481 g/mol. The third-order valence-corrected chi connectivity index (χ3v) is 6.14. The lowest BCUT2D eigenvalue weighted by molar-refractivity contribution is -0.870. The van der Waals surface area contributed by atoms with Crippen LogP contribution in [0.3, 0.4) is 0 Å². The molecule has 0 spiro atoms. The molecule has 0 radical (unpaired) electrons. The van der Waals surface area contributed by atoms with E-state index in [1.165, 1.54) is 70.6 Å². The number of hydrogen-bond acceptors (Lipinski definition) is 5. The van der Waals surface area contributed by atoms with Crippen molar-refractivity contribution in [3.8, 4) is 0 Å². The molecule has 0 saturated carbocycles. The maximum absolute atomic E-state index is 11.8. The molecule has 0 fully saturated rings. The lowest BCUT2D eigenvalue weighted by Crippen LogP contribution is -2.37. The fraction of sp³-hybridized carbons (Fsp3) is 0.917. The Morgan fingerprint density at radius 2 is 1.38 bits per heavy atom. The minimum Gasteiger partial charge on any atom is -0.499 e. The van der Waals surface area contributed by atoms with Crippen molar-refractivity contribution in [2.45, 2.75) is 96.5 Å². The Hall–Kier alpha value is -0.430. The van der Waals surface area contributed by atoms with Gasteiger partial charge in [-0.15, -0.1) is 0 Å². The number of allylic oxidation sites excluding steroid dienone is 1. The second-order valence-corrected chi connectivity index (χ2v) is 11.1. The summed E-state index contributed by atoms with van der Waals surface area (Å²) >= 11 is 0. The van der Waals surface area contributed by atoms with Crippen molar-refractivity contribution in [1.82, 2.24) is 0 Å². The van der Waals surface area contributed by atoms with Crippen molar-refractivity contribution in [3.05, 3.63) is 12.3 Å². The van der Waals surface area contributed by atoms with E-state index in [9.17, 15) is 14.6 Å². The average Bonchev–Trinajstić information content (AvgIpc) is 2.71. The number of rotatable bonds is 23. The van der Waals surface area contributed by atoms with E-state index in [1.54, 1.807) is 6.26 Å². The lowest BCUT2D eigenvalue weighted by atomic mass is 10.0. The number of phosphoric acid groups is 1. The van der Waals surface area contributed by atoms with Gasteiger partial charge in [0.25, 0.3) is 0 Å². The molecule has 0 amide bonds. The predicted molar refractivity (Wildman–Crippen MR) is 131 cm³/mol. The van der Waals surface area contributed by atoms with Crippen molar-refractivity contribution in [1.29, 1.82) is 0 Å². The van der Waals surface area contributed by atoms with Crippen molar-refractivity contribution in [2.75, 3.05) is 47.5 Å². The molecule has 0 aliphatic heterocycles. The highest BCUT2D eigenvalue weighted by molar-refractivity contribution is 7.47. The van der Waals surface area contributed by atoms with Gasteiger partial charge in [-0.3, -0.25) is 9.05 Å². The summed E-state index contributed by atoms with van der Waals surface area (Å²) in [5.74, 6) is 0. The van der Waals surface area contributed by atoms with Gasteiger partial charge in [0.05, 0.1) is 34.0 Å². The van der Waals surface area contributed by atoms with Crippen LogP contribution in [0.25, 0.3) is 0 Å². The molecule has 0 rings (SSSR count). The Bertz CT molecular complexity index is 495. The number of likely N-dealkylation sites (N-methyl/N-ethyl adjacent to an activating group) is 1. The van der Waals surface area contributed by atoms with Crippen LogP contribution in [0.5, 0.6) is 0 Å². The maximum Gasteiger partial charge on any atom is 0.472 e. The van der Waals surface area contributed by atoms with Crippen LogP contribution in [0.1, 0.15) is 90.4 Å². The van der Waals surface area contributed by atoms with Crippen molar-refractivity contribution in [2.24, 2.45) is 0 Å². The molecule has 2 N–H and O–H groups in total. The summed E-state index contributed by atoms with van der Waals surface area (Å²) in [5, 5.41) is 9.81. The predicted octanol–water partition coefficient (Wildman–Crippen LogP) is 5.81. The Morgan fingerprint density at radius 3 is 1.91 bits per heavy atom. The molecule has 1 unspecified atom stereocenters. The van der Waals surface area contributed by atoms with Gasteiger partial charge in [-0.1, -0.05) is 77.6 Å². The van der Waals surface area contributed by atoms with Gasteiger partial charge < -0.3 is 19.2 Å². The van der Waals surface area contributed by atoms with E-state index < -0.39 is 13.9 Å². The van der Waals surface area contributed by atoms with Crippen LogP contribution in [0.2, 0.25) is 0 Å². The van der Waals surface area contributed by atoms with E-state index in [0.717, 1.165) is 12.8 Å². The first kappa shape index (κ1) is 31.6. The Kier molecular flexibility index (Phi) is 19.7. The summed E-state index contributed by atoms with van der Waals surface area (Å²) in [4.78, 5) is 9.61. The van der Waals surface area contributed by atoms with Crippen LogP contribution in [0.15, 0.2) is 12.3 Å². The smallest absolute Gasteiger partial charge is 0.472 e. The van der Waals surface area contributed by atoms with Crippen molar-refractivity contribution in [3.63, 3.8) is 0 Å². The molecule has 7 nitrogen and oxygen atoms in total. The van der Waals surface area contributed by atoms with Gasteiger partial charge in [-0.05, 0) is 18.9 Å². The molecule has 0 aromatic rings. The van der Waals surface area contributed by atoms with Gasteiger partial charge in [0.2, 0.25) is 0 Å². The van der Waals surface area contributed by atoms with Crippen LogP contribution < -0.4 is 0 Å². The van der Waals surface area contributed by atoms with Crippen LogP contribution in [0, 0.1) is 0 Å². The molecule has 0 aromatic carbocycles. The van der Waals surface area contributed by atoms with E-state index in [1.807, 2.05) is 27.2 Å². The first-order chi connectivity index (χ1) is 15.2. The molecule has 0 heterocycles. The van der Waals surface area contributed by atoms with Gasteiger partial charge in [0.1, 0.15) is 25.9 Å². The van der Waals surface area contributed by atoms with E-state index in [4.69, 9.17) is 13.8 Å². The minimum absolute atomic E-state index is 0.00776. The molecular weight excluding hydrogens is 429 g/mol. The third-order valence-electron chi connectivity index (χ3n) is 5.15. The van der Waals surface area contributed by atoms with Crippen molar-refractivity contribution < 1.29 is 32.8 Å². The molecule has 192 valence electrons. The number of unbranched alkanes of at least 4 members (excludes halogenated alkanes) is 12. The summed E-state index contributed by atoms with van der Waals surface area (Å²) in [6.45, 7) is 2.63. The fourth-order valence-corrected chi connectivity index (χ4v) is 3.85. The Balaban J connectivity index is 3.50. The zero-order valence-electron chi connectivity index (χ0n) is 21.2. The van der Waals surface area contributed by atoms with Crippen LogP contribution in [0.4, 0.5) is 0 Å². The largest absolute Gasteiger partial charge is 0.499 e. The molecule has 2 atom stereocenters. The van der Waals surface area contributed by atoms with Gasteiger partial charge >= 0.3 is 7.82 Å². The number of aliphatic hydroxyl groups is 1. The minimum atomic E-state index is -4.15. The monoisotopic (exact) mass is 480 g/mol. The number of aliphatic hydroxyl groups excluding tert-OH is 1. The number of quaternary nitrogens is 1. The topological polar surface area (TPSA) is 85.2 Å². The number of ether oxygens (including phenoxy) is 1. The highest BCUT2D eigenvalue weighted by Crippen LogP contribution is 2.43. The number of phosphoric ester groups is 1. The summed E-state index contributed by atoms with van der Waals surface area (Å²) in [6, 6.07) is 0. The summed E-state index contributed by atoms with van der Waals surface area (Å²) < 4.78 is 27.4. The quantitative estimate of drug-likeness (QED) is 0.0831. The highest BCUT2D eigenvalue weighted by atomic mass is 31.2. The molecular formula is C24H51NO6P+. The lowest BCUT2D eigenvalue weighted by Gasteiger charge is -2.24. The normalized spacial score (nSPS) is 15.2. The Morgan fingerprint density at radius 1 is 0.844 bits per heavy atom. The highest BCUT2D eigenvalue weighted by Gasteiger charge is 2.24. The van der Waals surface area contributed by atoms with Gasteiger partial charge in [-0.25, -0.2) is 4.57 Å². The number of nitrogens with zero attached hydrogens (tertiary/aromatic N) is 1. The molecule has 0 bridgehead atoms. The van der Waals surface area contributed by atoms with Gasteiger partial charge in [0, 0.05) is 0 Å². The molecule has 0 aromatic heterocycles. The van der Waals surface area contributed by atoms with Gasteiger partial charge in [-0.2, -0.15) is 0 Å². The summed E-state index contributed by atoms with van der Waals surface area (Å²) in [6.07, 6.45) is 19.5. The second kappa shape index (κ2) is 20.0. The van der Waals surface area contributed by atoms with E-state index >= 15 is 0 Å². The van der Waals surface area contributed by atoms with E-state index in [-0.39, 0.29) is 19.8 Å². The molecule has 8 heteroatoms. The number of hydrogen-bond donors (Lipinski definition) is 2. The van der Waals surface area contributed by atoms with Gasteiger partial charge in [0.15, 0.2) is 0 Å². The first-order valence-electron chi connectivity index (χ1n) is 12.5.